The topological polar surface area (TPSA) is 65.8 Å². The van der Waals surface area contributed by atoms with E-state index in [0.29, 0.717) is 44.2 Å². The third-order valence-corrected chi connectivity index (χ3v) is 4.18. The number of para-hydroxylation sites is 1. The molecule has 2 aromatic rings. The van der Waals surface area contributed by atoms with Crippen LogP contribution in [-0.2, 0) is 4.79 Å². The van der Waals surface area contributed by atoms with Crippen LogP contribution in [-0.4, -0.2) is 54.3 Å². The predicted molar refractivity (Wildman–Crippen MR) is 90.7 cm³/mol. The smallest absolute Gasteiger partial charge is 0.289 e. The van der Waals surface area contributed by atoms with E-state index in [-0.39, 0.29) is 24.1 Å². The zero-order valence-corrected chi connectivity index (χ0v) is 13.8. The number of nitrogens with one attached hydrogen (secondary N) is 1. The summed E-state index contributed by atoms with van der Waals surface area (Å²) < 4.78 is 18.6. The first-order chi connectivity index (χ1) is 12.1. The van der Waals surface area contributed by atoms with Crippen molar-refractivity contribution in [3.63, 3.8) is 0 Å². The molecular weight excluding hydrogens is 325 g/mol. The number of amides is 2. The molecule has 25 heavy (non-hydrogen) atoms. The lowest BCUT2D eigenvalue weighted by Gasteiger charge is -2.34. The highest BCUT2D eigenvalue weighted by Gasteiger charge is 2.25. The zero-order chi connectivity index (χ0) is 17.6. The number of carbonyl (C=O) groups excluding carboxylic acids is 2. The van der Waals surface area contributed by atoms with E-state index in [1.165, 1.54) is 12.3 Å². The Balaban J connectivity index is 1.42. The molecule has 1 aliphatic heterocycles. The quantitative estimate of drug-likeness (QED) is 0.902. The van der Waals surface area contributed by atoms with Gasteiger partial charge in [-0.1, -0.05) is 12.1 Å². The van der Waals surface area contributed by atoms with Gasteiger partial charge in [-0.15, -0.1) is 0 Å². The Hall–Kier alpha value is -2.83. The molecule has 1 fully saturated rings. The van der Waals surface area contributed by atoms with Gasteiger partial charge in [-0.2, -0.15) is 0 Å². The monoisotopic (exact) mass is 345 g/mol. The molecule has 6 nitrogen and oxygen atoms in total. The molecule has 1 saturated heterocycles. The molecule has 0 radical (unpaired) electrons. The molecule has 2 heterocycles. The molecule has 0 aliphatic carbocycles. The molecule has 7 heteroatoms. The summed E-state index contributed by atoms with van der Waals surface area (Å²) in [6, 6.07) is 9.68. The number of anilines is 1. The molecule has 132 valence electrons. The maximum atomic E-state index is 13.5. The normalized spacial score (nSPS) is 14.4. The third-order valence-electron chi connectivity index (χ3n) is 4.18. The minimum Gasteiger partial charge on any atom is -0.459 e. The fourth-order valence-electron chi connectivity index (χ4n) is 2.78. The highest BCUT2D eigenvalue weighted by molar-refractivity contribution is 5.91. The predicted octanol–water partition coefficient (Wildman–Crippen LogP) is 2.21. The zero-order valence-electron chi connectivity index (χ0n) is 13.8. The van der Waals surface area contributed by atoms with Crippen LogP contribution in [0.3, 0.4) is 0 Å². The average molecular weight is 345 g/mol. The van der Waals surface area contributed by atoms with E-state index < -0.39 is 0 Å². The molecular formula is C18H20FN3O3. The van der Waals surface area contributed by atoms with Crippen molar-refractivity contribution < 1.29 is 18.4 Å². The van der Waals surface area contributed by atoms with Gasteiger partial charge in [0.25, 0.3) is 5.91 Å². The van der Waals surface area contributed by atoms with Gasteiger partial charge in [-0.25, -0.2) is 4.39 Å². The molecule has 1 aliphatic rings. The van der Waals surface area contributed by atoms with Crippen molar-refractivity contribution in [2.24, 2.45) is 0 Å². The summed E-state index contributed by atoms with van der Waals surface area (Å²) in [7, 11) is 0. The number of nitrogens with zero attached hydrogens (tertiary/aromatic N) is 2. The molecule has 1 N–H and O–H groups in total. The van der Waals surface area contributed by atoms with Crippen molar-refractivity contribution in [2.45, 2.75) is 6.42 Å². The van der Waals surface area contributed by atoms with Crippen LogP contribution in [0, 0.1) is 5.82 Å². The van der Waals surface area contributed by atoms with Crippen molar-refractivity contribution in [1.82, 2.24) is 9.80 Å². The van der Waals surface area contributed by atoms with E-state index >= 15 is 0 Å². The molecule has 0 atom stereocenters. The molecule has 2 amide bonds. The lowest BCUT2D eigenvalue weighted by atomic mass is 10.2. The van der Waals surface area contributed by atoms with Crippen molar-refractivity contribution in [3.8, 4) is 0 Å². The number of halogens is 1. The Labute approximate surface area is 145 Å². The van der Waals surface area contributed by atoms with E-state index in [1.54, 1.807) is 40.1 Å². The summed E-state index contributed by atoms with van der Waals surface area (Å²) in [6.45, 7) is 2.30. The van der Waals surface area contributed by atoms with Crippen LogP contribution >= 0.6 is 0 Å². The van der Waals surface area contributed by atoms with Gasteiger partial charge in [-0.3, -0.25) is 9.59 Å². The Kier molecular flexibility index (Phi) is 5.33. The van der Waals surface area contributed by atoms with Crippen molar-refractivity contribution >= 4 is 17.5 Å². The second-order valence-corrected chi connectivity index (χ2v) is 5.81. The number of benzene rings is 1. The van der Waals surface area contributed by atoms with Gasteiger partial charge in [0.1, 0.15) is 5.82 Å². The van der Waals surface area contributed by atoms with Crippen molar-refractivity contribution in [3.05, 3.63) is 54.2 Å². The SMILES string of the molecule is O=C(CCNc1ccccc1F)N1CCN(C(=O)c2ccco2)CC1. The van der Waals surface area contributed by atoms with Gasteiger partial charge >= 0.3 is 0 Å². The van der Waals surface area contributed by atoms with Crippen molar-refractivity contribution in [2.75, 3.05) is 38.0 Å². The van der Waals surface area contributed by atoms with Crippen LogP contribution in [0.1, 0.15) is 17.0 Å². The van der Waals surface area contributed by atoms with Crippen LogP contribution < -0.4 is 5.32 Å². The molecule has 0 unspecified atom stereocenters. The first-order valence-electron chi connectivity index (χ1n) is 8.24. The maximum Gasteiger partial charge on any atom is 0.289 e. The number of hydrogen-bond acceptors (Lipinski definition) is 4. The van der Waals surface area contributed by atoms with Gasteiger partial charge in [-0.05, 0) is 24.3 Å². The van der Waals surface area contributed by atoms with Crippen LogP contribution in [0.5, 0.6) is 0 Å². The molecule has 0 spiro atoms. The third kappa shape index (κ3) is 4.17. The van der Waals surface area contributed by atoms with Crippen LogP contribution in [0.15, 0.2) is 47.1 Å². The number of carbonyl (C=O) groups is 2. The molecule has 3 rings (SSSR count). The fraction of sp³-hybridized carbons (Fsp3) is 0.333. The Bertz CT molecular complexity index is 725. The molecule has 1 aromatic carbocycles. The number of hydrogen-bond donors (Lipinski definition) is 1. The van der Waals surface area contributed by atoms with E-state index in [9.17, 15) is 14.0 Å². The van der Waals surface area contributed by atoms with Crippen LogP contribution in [0.4, 0.5) is 10.1 Å². The second-order valence-electron chi connectivity index (χ2n) is 5.81. The number of furan rings is 1. The van der Waals surface area contributed by atoms with Gasteiger partial charge in [0.05, 0.1) is 12.0 Å². The van der Waals surface area contributed by atoms with Gasteiger partial charge < -0.3 is 19.5 Å². The van der Waals surface area contributed by atoms with E-state index in [2.05, 4.69) is 5.32 Å². The Morgan fingerprint density at radius 2 is 1.76 bits per heavy atom. The highest BCUT2D eigenvalue weighted by Crippen LogP contribution is 2.13. The summed E-state index contributed by atoms with van der Waals surface area (Å²) in [4.78, 5) is 27.8. The number of rotatable bonds is 5. The van der Waals surface area contributed by atoms with E-state index in [4.69, 9.17) is 4.42 Å². The molecule has 1 aromatic heterocycles. The van der Waals surface area contributed by atoms with Gasteiger partial charge in [0.15, 0.2) is 5.76 Å². The minimum absolute atomic E-state index is 0.00561. The first kappa shape index (κ1) is 17.0. The fourth-order valence-corrected chi connectivity index (χ4v) is 2.78. The standard InChI is InChI=1S/C18H20FN3O3/c19-14-4-1-2-5-15(14)20-8-7-17(23)21-9-11-22(12-10-21)18(24)16-6-3-13-25-16/h1-6,13,20H,7-12H2. The van der Waals surface area contributed by atoms with Crippen molar-refractivity contribution in [1.29, 1.82) is 0 Å². The summed E-state index contributed by atoms with van der Waals surface area (Å²) in [5.74, 6) is -0.180. The molecule has 0 saturated carbocycles. The summed E-state index contributed by atoms with van der Waals surface area (Å²) in [5.41, 5.74) is 0.393. The Morgan fingerprint density at radius 1 is 1.04 bits per heavy atom. The van der Waals surface area contributed by atoms with Crippen LogP contribution in [0.2, 0.25) is 0 Å². The first-order valence-corrected chi connectivity index (χ1v) is 8.24. The summed E-state index contributed by atoms with van der Waals surface area (Å²) >= 11 is 0. The van der Waals surface area contributed by atoms with Gasteiger partial charge in [0.2, 0.25) is 5.91 Å². The van der Waals surface area contributed by atoms with E-state index in [1.807, 2.05) is 0 Å². The van der Waals surface area contributed by atoms with Crippen LogP contribution in [0.25, 0.3) is 0 Å². The average Bonchev–Trinajstić information content (AvgIpc) is 3.17. The summed E-state index contributed by atoms with van der Waals surface area (Å²) in [6.07, 6.45) is 1.75. The lowest BCUT2D eigenvalue weighted by Crippen LogP contribution is -2.50. The van der Waals surface area contributed by atoms with Gasteiger partial charge in [0, 0.05) is 39.1 Å². The lowest BCUT2D eigenvalue weighted by molar-refractivity contribution is -0.132. The minimum atomic E-state index is -0.333. The Morgan fingerprint density at radius 3 is 2.44 bits per heavy atom. The molecule has 0 bridgehead atoms. The maximum absolute atomic E-state index is 13.5. The largest absolute Gasteiger partial charge is 0.459 e. The number of piperazine rings is 1. The second kappa shape index (κ2) is 7.83. The highest BCUT2D eigenvalue weighted by atomic mass is 19.1. The summed E-state index contributed by atoms with van der Waals surface area (Å²) in [5, 5.41) is 2.93. The van der Waals surface area contributed by atoms with E-state index in [0.717, 1.165) is 0 Å².